The monoisotopic (exact) mass is 325 g/mol. The van der Waals surface area contributed by atoms with Crippen LogP contribution in [-0.4, -0.2) is 37.5 Å². The predicted octanol–water partition coefficient (Wildman–Crippen LogP) is 1.45. The molecule has 0 saturated carbocycles. The van der Waals surface area contributed by atoms with E-state index in [2.05, 4.69) is 5.32 Å². The minimum absolute atomic E-state index is 0.0477. The Morgan fingerprint density at radius 1 is 1.45 bits per heavy atom. The molecule has 0 bridgehead atoms. The molecule has 1 aromatic carbocycles. The Kier molecular flexibility index (Phi) is 4.78. The van der Waals surface area contributed by atoms with Gasteiger partial charge in [-0.1, -0.05) is 12.5 Å². The van der Waals surface area contributed by atoms with Gasteiger partial charge in [-0.05, 0) is 25.0 Å². The molecular formula is C14H16FN3O3S. The van der Waals surface area contributed by atoms with Crippen LogP contribution in [0.5, 0.6) is 0 Å². The second-order valence-electron chi connectivity index (χ2n) is 5.15. The number of nitriles is 1. The summed E-state index contributed by atoms with van der Waals surface area (Å²) in [5.74, 6) is -1.28. The number of carbonyl (C=O) groups is 1. The number of nitrogens with one attached hydrogen (secondary N) is 1. The maximum atomic E-state index is 13.5. The maximum absolute atomic E-state index is 13.5. The highest BCUT2D eigenvalue weighted by Gasteiger charge is 2.34. The van der Waals surface area contributed by atoms with Crippen LogP contribution in [0.25, 0.3) is 0 Å². The van der Waals surface area contributed by atoms with Crippen LogP contribution in [-0.2, 0) is 14.8 Å². The molecule has 0 aromatic heterocycles. The highest BCUT2D eigenvalue weighted by molar-refractivity contribution is 7.88. The van der Waals surface area contributed by atoms with Crippen molar-refractivity contribution in [2.45, 2.75) is 25.3 Å². The van der Waals surface area contributed by atoms with E-state index in [-0.39, 0.29) is 17.8 Å². The van der Waals surface area contributed by atoms with E-state index in [9.17, 15) is 17.6 Å². The first-order valence-electron chi connectivity index (χ1n) is 6.81. The van der Waals surface area contributed by atoms with Crippen molar-refractivity contribution in [2.75, 3.05) is 18.1 Å². The summed E-state index contributed by atoms with van der Waals surface area (Å²) in [6.45, 7) is 0.283. The third-order valence-corrected chi connectivity index (χ3v) is 4.85. The van der Waals surface area contributed by atoms with Gasteiger partial charge in [0.25, 0.3) is 0 Å². The molecule has 1 saturated heterocycles. The quantitative estimate of drug-likeness (QED) is 0.910. The molecule has 1 unspecified atom stereocenters. The SMILES string of the molecule is CS(=O)(=O)N1CCCCC1C(=O)Nc1cccc(F)c1C#N. The first-order chi connectivity index (χ1) is 10.3. The van der Waals surface area contributed by atoms with Crippen molar-refractivity contribution in [3.8, 4) is 6.07 Å². The summed E-state index contributed by atoms with van der Waals surface area (Å²) in [5, 5.41) is 11.4. The molecule has 1 aromatic rings. The molecule has 6 nitrogen and oxygen atoms in total. The zero-order chi connectivity index (χ0) is 16.3. The Morgan fingerprint density at radius 2 is 2.18 bits per heavy atom. The summed E-state index contributed by atoms with van der Waals surface area (Å²) in [5.41, 5.74) is -0.218. The van der Waals surface area contributed by atoms with Crippen molar-refractivity contribution in [1.29, 1.82) is 5.26 Å². The third kappa shape index (κ3) is 3.43. The molecular weight excluding hydrogens is 309 g/mol. The summed E-state index contributed by atoms with van der Waals surface area (Å²) >= 11 is 0. The van der Waals surface area contributed by atoms with Crippen molar-refractivity contribution >= 4 is 21.6 Å². The van der Waals surface area contributed by atoms with E-state index in [0.29, 0.717) is 12.8 Å². The van der Waals surface area contributed by atoms with E-state index in [4.69, 9.17) is 5.26 Å². The number of carbonyl (C=O) groups excluding carboxylic acids is 1. The topological polar surface area (TPSA) is 90.3 Å². The molecule has 1 aliphatic heterocycles. The minimum Gasteiger partial charge on any atom is -0.323 e. The molecule has 1 fully saturated rings. The average Bonchev–Trinajstić information content (AvgIpc) is 2.46. The number of benzene rings is 1. The largest absolute Gasteiger partial charge is 0.323 e. The Labute approximate surface area is 128 Å². The van der Waals surface area contributed by atoms with Crippen LogP contribution in [0.1, 0.15) is 24.8 Å². The Bertz CT molecular complexity index is 727. The molecule has 118 valence electrons. The predicted molar refractivity (Wildman–Crippen MR) is 78.9 cm³/mol. The smallest absolute Gasteiger partial charge is 0.242 e. The fourth-order valence-electron chi connectivity index (χ4n) is 2.52. The zero-order valence-corrected chi connectivity index (χ0v) is 12.9. The van der Waals surface area contributed by atoms with Crippen molar-refractivity contribution in [3.05, 3.63) is 29.6 Å². The molecule has 0 aliphatic carbocycles. The second kappa shape index (κ2) is 6.42. The second-order valence-corrected chi connectivity index (χ2v) is 7.08. The van der Waals surface area contributed by atoms with Gasteiger partial charge in [0.2, 0.25) is 15.9 Å². The Morgan fingerprint density at radius 3 is 2.82 bits per heavy atom. The van der Waals surface area contributed by atoms with Crippen molar-refractivity contribution in [1.82, 2.24) is 4.31 Å². The molecule has 2 rings (SSSR count). The van der Waals surface area contributed by atoms with Crippen LogP contribution in [0.2, 0.25) is 0 Å². The van der Waals surface area contributed by atoms with Crippen LogP contribution in [0.4, 0.5) is 10.1 Å². The van der Waals surface area contributed by atoms with Gasteiger partial charge >= 0.3 is 0 Å². The lowest BCUT2D eigenvalue weighted by atomic mass is 10.0. The molecule has 8 heteroatoms. The van der Waals surface area contributed by atoms with Gasteiger partial charge in [0.1, 0.15) is 23.5 Å². The summed E-state index contributed by atoms with van der Waals surface area (Å²) in [6.07, 6.45) is 2.89. The molecule has 1 atom stereocenters. The van der Waals surface area contributed by atoms with Gasteiger partial charge in [-0.15, -0.1) is 0 Å². The lowest BCUT2D eigenvalue weighted by Gasteiger charge is -2.32. The van der Waals surface area contributed by atoms with Gasteiger partial charge in [-0.3, -0.25) is 4.79 Å². The average molecular weight is 325 g/mol. The van der Waals surface area contributed by atoms with Gasteiger partial charge in [0.05, 0.1) is 11.9 Å². The molecule has 1 amide bonds. The zero-order valence-electron chi connectivity index (χ0n) is 12.0. The standard InChI is InChI=1S/C14H16FN3O3S/c1-22(20,21)18-8-3-2-7-13(18)14(19)17-12-6-4-5-11(15)10(12)9-16/h4-6,13H,2-3,7-8H2,1H3,(H,17,19). The molecule has 1 N–H and O–H groups in total. The minimum atomic E-state index is -3.50. The van der Waals surface area contributed by atoms with Gasteiger partial charge in [-0.25, -0.2) is 12.8 Å². The van der Waals surface area contributed by atoms with E-state index in [1.165, 1.54) is 12.1 Å². The van der Waals surface area contributed by atoms with Crippen molar-refractivity contribution in [3.63, 3.8) is 0 Å². The number of rotatable bonds is 3. The molecule has 0 spiro atoms. The number of hydrogen-bond acceptors (Lipinski definition) is 4. The molecule has 22 heavy (non-hydrogen) atoms. The maximum Gasteiger partial charge on any atom is 0.242 e. The van der Waals surface area contributed by atoms with E-state index in [1.54, 1.807) is 6.07 Å². The summed E-state index contributed by atoms with van der Waals surface area (Å²) in [4.78, 5) is 12.4. The summed E-state index contributed by atoms with van der Waals surface area (Å²) < 4.78 is 38.2. The fraction of sp³-hybridized carbons (Fsp3) is 0.429. The lowest BCUT2D eigenvalue weighted by molar-refractivity contribution is -0.120. The highest BCUT2D eigenvalue weighted by atomic mass is 32.2. The molecule has 1 heterocycles. The lowest BCUT2D eigenvalue weighted by Crippen LogP contribution is -2.49. The summed E-state index contributed by atoms with van der Waals surface area (Å²) in [6, 6.07) is 4.77. The Hall–Kier alpha value is -1.98. The van der Waals surface area contributed by atoms with Gasteiger partial charge in [-0.2, -0.15) is 9.57 Å². The first kappa shape index (κ1) is 16.4. The van der Waals surface area contributed by atoms with Crippen molar-refractivity contribution in [2.24, 2.45) is 0 Å². The van der Waals surface area contributed by atoms with Crippen LogP contribution in [0.15, 0.2) is 18.2 Å². The van der Waals surface area contributed by atoms with Gasteiger partial charge in [0, 0.05) is 6.54 Å². The van der Waals surface area contributed by atoms with Gasteiger partial charge in [0.15, 0.2) is 0 Å². The van der Waals surface area contributed by atoms with E-state index in [0.717, 1.165) is 23.0 Å². The van der Waals surface area contributed by atoms with Gasteiger partial charge < -0.3 is 5.32 Å². The Balaban J connectivity index is 2.25. The third-order valence-electron chi connectivity index (χ3n) is 3.57. The van der Waals surface area contributed by atoms with E-state index >= 15 is 0 Å². The highest BCUT2D eigenvalue weighted by Crippen LogP contribution is 2.23. The molecule has 0 radical (unpaired) electrons. The van der Waals surface area contributed by atoms with Crippen LogP contribution in [0.3, 0.4) is 0 Å². The van der Waals surface area contributed by atoms with E-state index < -0.39 is 27.8 Å². The normalized spacial score (nSPS) is 19.4. The fourth-order valence-corrected chi connectivity index (χ4v) is 3.65. The number of halogens is 1. The van der Waals surface area contributed by atoms with Crippen LogP contribution >= 0.6 is 0 Å². The number of anilines is 1. The van der Waals surface area contributed by atoms with Crippen LogP contribution in [0, 0.1) is 17.1 Å². The number of nitrogens with zero attached hydrogens (tertiary/aromatic N) is 2. The van der Waals surface area contributed by atoms with Crippen LogP contribution < -0.4 is 5.32 Å². The van der Waals surface area contributed by atoms with E-state index in [1.807, 2.05) is 0 Å². The number of amides is 1. The molecule has 1 aliphatic rings. The van der Waals surface area contributed by atoms with Crippen molar-refractivity contribution < 1.29 is 17.6 Å². The number of piperidine rings is 1. The number of hydrogen-bond donors (Lipinski definition) is 1. The number of sulfonamides is 1. The summed E-state index contributed by atoms with van der Waals surface area (Å²) in [7, 11) is -3.50. The first-order valence-corrected chi connectivity index (χ1v) is 8.65.